The lowest BCUT2D eigenvalue weighted by atomic mass is 10.1. The maximum absolute atomic E-state index is 12.7. The summed E-state index contributed by atoms with van der Waals surface area (Å²) >= 11 is 0. The molecule has 2 N–H and O–H groups in total. The van der Waals surface area contributed by atoms with Crippen molar-refractivity contribution in [2.24, 2.45) is 0 Å². The van der Waals surface area contributed by atoms with Gasteiger partial charge in [0, 0.05) is 45.3 Å². The first-order valence-electron chi connectivity index (χ1n) is 7.89. The average Bonchev–Trinajstić information content (AvgIpc) is 3.15. The van der Waals surface area contributed by atoms with E-state index in [-0.39, 0.29) is 11.9 Å². The molecule has 3 heterocycles. The lowest BCUT2D eigenvalue weighted by Crippen LogP contribution is -2.50. The van der Waals surface area contributed by atoms with E-state index in [2.05, 4.69) is 32.1 Å². The molecule has 122 valence electrons. The average molecular weight is 314 g/mol. The van der Waals surface area contributed by atoms with Gasteiger partial charge in [-0.1, -0.05) is 6.92 Å². The van der Waals surface area contributed by atoms with Crippen molar-refractivity contribution in [3.05, 3.63) is 42.1 Å². The maximum atomic E-state index is 12.7. The largest absolute Gasteiger partial charge is 0.373 e. The second-order valence-electron chi connectivity index (χ2n) is 5.55. The zero-order valence-corrected chi connectivity index (χ0v) is 13.5. The van der Waals surface area contributed by atoms with Crippen LogP contribution in [0.2, 0.25) is 0 Å². The van der Waals surface area contributed by atoms with E-state index in [0.717, 1.165) is 31.3 Å². The summed E-state index contributed by atoms with van der Waals surface area (Å²) in [6, 6.07) is 3.74. The van der Waals surface area contributed by atoms with Crippen molar-refractivity contribution in [2.45, 2.75) is 13.0 Å². The van der Waals surface area contributed by atoms with Crippen LogP contribution in [-0.2, 0) is 0 Å². The highest BCUT2D eigenvalue weighted by Crippen LogP contribution is 2.23. The maximum Gasteiger partial charge on any atom is 0.255 e. The molecule has 2 aromatic heterocycles. The molecule has 1 fully saturated rings. The predicted octanol–water partition coefficient (Wildman–Crippen LogP) is 1.37. The van der Waals surface area contributed by atoms with Gasteiger partial charge in [-0.3, -0.25) is 9.69 Å². The molecule has 1 aliphatic rings. The number of anilines is 1. The van der Waals surface area contributed by atoms with E-state index in [1.165, 1.54) is 0 Å². The number of nitrogens with zero attached hydrogens (tertiary/aromatic N) is 4. The molecule has 7 heteroatoms. The molecule has 0 aliphatic carbocycles. The van der Waals surface area contributed by atoms with Gasteiger partial charge in [0.1, 0.15) is 11.6 Å². The Morgan fingerprint density at radius 1 is 1.39 bits per heavy atom. The number of pyridine rings is 1. The van der Waals surface area contributed by atoms with Crippen LogP contribution in [0.5, 0.6) is 0 Å². The van der Waals surface area contributed by atoms with Crippen LogP contribution in [0.15, 0.2) is 30.7 Å². The van der Waals surface area contributed by atoms with E-state index < -0.39 is 0 Å². The van der Waals surface area contributed by atoms with E-state index in [0.29, 0.717) is 12.1 Å². The van der Waals surface area contributed by atoms with Gasteiger partial charge in [-0.05, 0) is 18.7 Å². The highest BCUT2D eigenvalue weighted by atomic mass is 16.2. The number of H-pyrrole nitrogens is 1. The molecule has 0 saturated carbocycles. The number of rotatable bonds is 4. The standard InChI is InChI=1S/C16H22N6O/c1-3-21-8-9-22(11-13(21)15-18-6-7-19-15)16(23)12-4-5-14(17-2)20-10-12/h4-7,10,13H,3,8-9,11H2,1-2H3,(H,17,20)(H,18,19). The third-order valence-corrected chi connectivity index (χ3v) is 4.29. The molecule has 0 radical (unpaired) electrons. The summed E-state index contributed by atoms with van der Waals surface area (Å²) in [6.07, 6.45) is 5.21. The Labute approximate surface area is 135 Å². The first-order valence-corrected chi connectivity index (χ1v) is 7.89. The van der Waals surface area contributed by atoms with E-state index in [1.54, 1.807) is 12.4 Å². The molecule has 1 atom stereocenters. The minimum atomic E-state index is 0.0208. The van der Waals surface area contributed by atoms with Crippen molar-refractivity contribution in [1.82, 2.24) is 24.8 Å². The summed E-state index contributed by atoms with van der Waals surface area (Å²) in [5.41, 5.74) is 0.618. The Morgan fingerprint density at radius 2 is 2.26 bits per heavy atom. The van der Waals surface area contributed by atoms with Gasteiger partial charge in [-0.2, -0.15) is 0 Å². The first kappa shape index (κ1) is 15.5. The number of likely N-dealkylation sites (N-methyl/N-ethyl adjacent to an activating group) is 1. The zero-order chi connectivity index (χ0) is 16.2. The number of aromatic nitrogens is 3. The quantitative estimate of drug-likeness (QED) is 0.891. The fraction of sp³-hybridized carbons (Fsp3) is 0.438. The van der Waals surface area contributed by atoms with Crippen molar-refractivity contribution in [2.75, 3.05) is 38.5 Å². The highest BCUT2D eigenvalue weighted by Gasteiger charge is 2.31. The van der Waals surface area contributed by atoms with E-state index in [9.17, 15) is 4.79 Å². The molecule has 1 saturated heterocycles. The number of carbonyl (C=O) groups excluding carboxylic acids is 1. The second-order valence-corrected chi connectivity index (χ2v) is 5.55. The molecule has 1 amide bonds. The molecule has 1 unspecified atom stereocenters. The molecule has 23 heavy (non-hydrogen) atoms. The summed E-state index contributed by atoms with van der Waals surface area (Å²) in [7, 11) is 1.81. The van der Waals surface area contributed by atoms with E-state index in [1.807, 2.05) is 30.3 Å². The molecule has 3 rings (SSSR count). The Kier molecular flexibility index (Phi) is 4.57. The van der Waals surface area contributed by atoms with Gasteiger partial charge in [-0.25, -0.2) is 9.97 Å². The van der Waals surface area contributed by atoms with E-state index in [4.69, 9.17) is 0 Å². The van der Waals surface area contributed by atoms with E-state index >= 15 is 0 Å². The lowest BCUT2D eigenvalue weighted by Gasteiger charge is -2.40. The summed E-state index contributed by atoms with van der Waals surface area (Å²) in [4.78, 5) is 28.7. The molecule has 0 bridgehead atoms. The Hall–Kier alpha value is -2.41. The summed E-state index contributed by atoms with van der Waals surface area (Å²) < 4.78 is 0. The Balaban J connectivity index is 1.76. The molecular formula is C16H22N6O. The number of nitrogens with one attached hydrogen (secondary N) is 2. The molecule has 2 aromatic rings. The number of aromatic amines is 1. The van der Waals surface area contributed by atoms with Crippen molar-refractivity contribution >= 4 is 11.7 Å². The van der Waals surface area contributed by atoms with Crippen LogP contribution in [0.4, 0.5) is 5.82 Å². The van der Waals surface area contributed by atoms with Gasteiger partial charge in [0.2, 0.25) is 0 Å². The number of hydrogen-bond donors (Lipinski definition) is 2. The smallest absolute Gasteiger partial charge is 0.255 e. The van der Waals surface area contributed by atoms with Crippen LogP contribution in [0.25, 0.3) is 0 Å². The van der Waals surface area contributed by atoms with Gasteiger partial charge >= 0.3 is 0 Å². The highest BCUT2D eigenvalue weighted by molar-refractivity contribution is 5.94. The van der Waals surface area contributed by atoms with Crippen LogP contribution in [0, 0.1) is 0 Å². The molecule has 0 spiro atoms. The monoisotopic (exact) mass is 314 g/mol. The van der Waals surface area contributed by atoms with Crippen LogP contribution >= 0.6 is 0 Å². The number of carbonyl (C=O) groups is 1. The third-order valence-electron chi connectivity index (χ3n) is 4.29. The number of imidazole rings is 1. The number of piperazine rings is 1. The van der Waals surface area contributed by atoms with Gasteiger partial charge < -0.3 is 15.2 Å². The third kappa shape index (κ3) is 3.19. The van der Waals surface area contributed by atoms with Gasteiger partial charge in [0.15, 0.2) is 0 Å². The van der Waals surface area contributed by atoms with Crippen LogP contribution in [0.3, 0.4) is 0 Å². The van der Waals surface area contributed by atoms with Crippen molar-refractivity contribution in [1.29, 1.82) is 0 Å². The normalized spacial score (nSPS) is 18.9. The fourth-order valence-electron chi connectivity index (χ4n) is 2.95. The second kappa shape index (κ2) is 6.78. The number of amides is 1. The zero-order valence-electron chi connectivity index (χ0n) is 13.5. The van der Waals surface area contributed by atoms with Gasteiger partial charge in [0.25, 0.3) is 5.91 Å². The summed E-state index contributed by atoms with van der Waals surface area (Å²) in [5.74, 6) is 1.69. The van der Waals surface area contributed by atoms with Crippen LogP contribution in [-0.4, -0.2) is 63.9 Å². The van der Waals surface area contributed by atoms with Crippen LogP contribution in [0.1, 0.15) is 29.1 Å². The van der Waals surface area contributed by atoms with Gasteiger partial charge in [-0.15, -0.1) is 0 Å². The fourth-order valence-corrected chi connectivity index (χ4v) is 2.95. The van der Waals surface area contributed by atoms with Crippen molar-refractivity contribution in [3.8, 4) is 0 Å². The summed E-state index contributed by atoms with van der Waals surface area (Å²) in [6.45, 7) is 5.26. The SMILES string of the molecule is CCN1CCN(C(=O)c2ccc(NC)nc2)CC1c1ncc[nH]1. The first-order chi connectivity index (χ1) is 11.2. The van der Waals surface area contributed by atoms with Gasteiger partial charge in [0.05, 0.1) is 11.6 Å². The lowest BCUT2D eigenvalue weighted by molar-refractivity contribution is 0.0479. The molecule has 0 aromatic carbocycles. The minimum absolute atomic E-state index is 0.0208. The van der Waals surface area contributed by atoms with Crippen molar-refractivity contribution in [3.63, 3.8) is 0 Å². The minimum Gasteiger partial charge on any atom is -0.373 e. The molecule has 7 nitrogen and oxygen atoms in total. The molecular weight excluding hydrogens is 292 g/mol. The predicted molar refractivity (Wildman–Crippen MR) is 88.3 cm³/mol. The molecule has 1 aliphatic heterocycles. The number of hydrogen-bond acceptors (Lipinski definition) is 5. The summed E-state index contributed by atoms with van der Waals surface area (Å²) in [5, 5.41) is 2.96. The van der Waals surface area contributed by atoms with Crippen molar-refractivity contribution < 1.29 is 4.79 Å². The van der Waals surface area contributed by atoms with Crippen LogP contribution < -0.4 is 5.32 Å². The Bertz CT molecular complexity index is 639. The topological polar surface area (TPSA) is 77.2 Å². The Morgan fingerprint density at radius 3 is 2.87 bits per heavy atom.